The quantitative estimate of drug-likeness (QED) is 0.274. The van der Waals surface area contributed by atoms with Crippen molar-refractivity contribution in [2.45, 2.75) is 12.5 Å². The summed E-state index contributed by atoms with van der Waals surface area (Å²) in [6.07, 6.45) is 1.77. The molecule has 0 amide bonds. The SMILES string of the molecule is C=CC(=O)OCCC[Si](OC)(OC)OC.[HH]. The van der Waals surface area contributed by atoms with Crippen LogP contribution in [0, 0.1) is 0 Å². The Morgan fingerprint density at radius 2 is 1.87 bits per heavy atom. The molecular formula is C9H20O5Si. The molecule has 0 N–H and O–H groups in total. The monoisotopic (exact) mass is 236 g/mol. The van der Waals surface area contributed by atoms with Crippen molar-refractivity contribution in [2.75, 3.05) is 27.9 Å². The highest BCUT2D eigenvalue weighted by Gasteiger charge is 2.36. The van der Waals surface area contributed by atoms with Gasteiger partial charge in [-0.3, -0.25) is 0 Å². The molecule has 0 aliphatic carbocycles. The van der Waals surface area contributed by atoms with E-state index in [2.05, 4.69) is 6.58 Å². The van der Waals surface area contributed by atoms with Gasteiger partial charge in [0.1, 0.15) is 0 Å². The smallest absolute Gasteiger partial charge is 0.463 e. The van der Waals surface area contributed by atoms with Gasteiger partial charge in [0.25, 0.3) is 0 Å². The van der Waals surface area contributed by atoms with Crippen LogP contribution in [0.4, 0.5) is 0 Å². The maximum atomic E-state index is 10.7. The fourth-order valence-electron chi connectivity index (χ4n) is 1.08. The number of rotatable bonds is 8. The Kier molecular flexibility index (Phi) is 7.23. The van der Waals surface area contributed by atoms with Gasteiger partial charge in [0.05, 0.1) is 6.61 Å². The van der Waals surface area contributed by atoms with E-state index in [-0.39, 0.29) is 1.43 Å². The van der Waals surface area contributed by atoms with Crippen LogP contribution in [0.1, 0.15) is 7.85 Å². The molecule has 0 unspecified atom stereocenters. The molecule has 0 aromatic rings. The van der Waals surface area contributed by atoms with Crippen molar-refractivity contribution >= 4 is 14.8 Å². The van der Waals surface area contributed by atoms with Gasteiger partial charge in [-0.15, -0.1) is 0 Å². The maximum Gasteiger partial charge on any atom is 0.500 e. The molecule has 0 radical (unpaired) electrons. The van der Waals surface area contributed by atoms with Crippen molar-refractivity contribution in [3.05, 3.63) is 12.7 Å². The lowest BCUT2D eigenvalue weighted by Gasteiger charge is -2.23. The van der Waals surface area contributed by atoms with E-state index >= 15 is 0 Å². The standard InChI is InChI=1S/C9H18O5Si.H2/c1-5-9(10)14-7-6-8-15(11-2,12-3)13-4;/h5H,1,6-8H2,2-4H3;1H. The Labute approximate surface area is 92.8 Å². The summed E-state index contributed by atoms with van der Waals surface area (Å²) >= 11 is 0. The summed E-state index contributed by atoms with van der Waals surface area (Å²) in [4.78, 5) is 10.7. The van der Waals surface area contributed by atoms with Crippen LogP contribution >= 0.6 is 0 Å². The first kappa shape index (κ1) is 14.3. The van der Waals surface area contributed by atoms with Gasteiger partial charge in [-0.2, -0.15) is 0 Å². The van der Waals surface area contributed by atoms with Gasteiger partial charge < -0.3 is 18.0 Å². The molecule has 0 atom stereocenters. The summed E-state index contributed by atoms with van der Waals surface area (Å²) in [6, 6.07) is 0.612. The largest absolute Gasteiger partial charge is 0.500 e. The summed E-state index contributed by atoms with van der Waals surface area (Å²) in [7, 11) is 2.13. The molecule has 0 bridgehead atoms. The van der Waals surface area contributed by atoms with E-state index in [1.165, 1.54) is 0 Å². The number of hydrogen-bond donors (Lipinski definition) is 0. The Hall–Kier alpha value is -0.693. The van der Waals surface area contributed by atoms with Gasteiger partial charge in [-0.05, 0) is 6.42 Å². The first-order valence-electron chi connectivity index (χ1n) is 4.58. The zero-order valence-corrected chi connectivity index (χ0v) is 10.4. The van der Waals surface area contributed by atoms with Crippen LogP contribution in [0.15, 0.2) is 12.7 Å². The zero-order chi connectivity index (χ0) is 11.7. The van der Waals surface area contributed by atoms with Crippen molar-refractivity contribution in [1.82, 2.24) is 0 Å². The van der Waals surface area contributed by atoms with Crippen molar-refractivity contribution < 1.29 is 24.2 Å². The van der Waals surface area contributed by atoms with Crippen molar-refractivity contribution in [3.63, 3.8) is 0 Å². The lowest BCUT2D eigenvalue weighted by Crippen LogP contribution is -2.42. The van der Waals surface area contributed by atoms with E-state index in [1.54, 1.807) is 21.3 Å². The van der Waals surface area contributed by atoms with E-state index in [1.807, 2.05) is 0 Å². The minimum Gasteiger partial charge on any atom is -0.463 e. The van der Waals surface area contributed by atoms with Crippen LogP contribution < -0.4 is 0 Å². The van der Waals surface area contributed by atoms with Gasteiger partial charge in [-0.1, -0.05) is 6.58 Å². The average molecular weight is 236 g/mol. The van der Waals surface area contributed by atoms with E-state index in [9.17, 15) is 4.79 Å². The molecule has 15 heavy (non-hydrogen) atoms. The molecule has 0 rings (SSSR count). The lowest BCUT2D eigenvalue weighted by molar-refractivity contribution is -0.137. The molecule has 0 aliphatic heterocycles. The van der Waals surface area contributed by atoms with Gasteiger partial charge in [-0.25, -0.2) is 4.79 Å². The topological polar surface area (TPSA) is 54.0 Å². The predicted molar refractivity (Wildman–Crippen MR) is 59.5 cm³/mol. The van der Waals surface area contributed by atoms with Crippen LogP contribution in [-0.4, -0.2) is 42.7 Å². The number of carbonyl (C=O) groups is 1. The summed E-state index contributed by atoms with van der Waals surface area (Å²) in [5.74, 6) is -0.422. The van der Waals surface area contributed by atoms with Gasteiger partial charge in [0.15, 0.2) is 0 Å². The Morgan fingerprint density at radius 1 is 1.33 bits per heavy atom. The van der Waals surface area contributed by atoms with Crippen LogP contribution in [-0.2, 0) is 22.8 Å². The number of esters is 1. The summed E-state index contributed by atoms with van der Waals surface area (Å²) in [5, 5.41) is 0. The van der Waals surface area contributed by atoms with Crippen molar-refractivity contribution in [3.8, 4) is 0 Å². The average Bonchev–Trinajstić information content (AvgIpc) is 2.30. The first-order chi connectivity index (χ1) is 7.14. The van der Waals surface area contributed by atoms with E-state index < -0.39 is 14.8 Å². The highest BCUT2D eigenvalue weighted by molar-refractivity contribution is 6.60. The molecule has 0 fully saturated rings. The van der Waals surface area contributed by atoms with E-state index in [0.29, 0.717) is 19.1 Å². The molecule has 0 aromatic carbocycles. The second-order valence-electron chi connectivity index (χ2n) is 2.77. The van der Waals surface area contributed by atoms with Gasteiger partial charge >= 0.3 is 14.8 Å². The summed E-state index contributed by atoms with van der Waals surface area (Å²) in [5.41, 5.74) is 0. The van der Waals surface area contributed by atoms with E-state index in [0.717, 1.165) is 6.08 Å². The first-order valence-corrected chi connectivity index (χ1v) is 6.52. The second-order valence-corrected chi connectivity index (χ2v) is 5.86. The molecule has 90 valence electrons. The Morgan fingerprint density at radius 3 is 2.27 bits per heavy atom. The van der Waals surface area contributed by atoms with Crippen LogP contribution in [0.25, 0.3) is 0 Å². The molecule has 0 aromatic heterocycles. The molecule has 0 spiro atoms. The second kappa shape index (κ2) is 7.58. The molecule has 0 saturated heterocycles. The fraction of sp³-hybridized carbons (Fsp3) is 0.667. The third kappa shape index (κ3) is 5.08. The molecule has 0 heterocycles. The maximum absolute atomic E-state index is 10.7. The number of hydrogen-bond acceptors (Lipinski definition) is 5. The molecule has 6 heteroatoms. The zero-order valence-electron chi connectivity index (χ0n) is 9.45. The highest BCUT2D eigenvalue weighted by atomic mass is 28.4. The van der Waals surface area contributed by atoms with E-state index in [4.69, 9.17) is 18.0 Å². The van der Waals surface area contributed by atoms with Crippen LogP contribution in [0.3, 0.4) is 0 Å². The predicted octanol–water partition coefficient (Wildman–Crippen LogP) is 1.23. The highest BCUT2D eigenvalue weighted by Crippen LogP contribution is 2.14. The summed E-state index contributed by atoms with van der Waals surface area (Å²) < 4.78 is 20.4. The summed E-state index contributed by atoms with van der Waals surface area (Å²) in [6.45, 7) is 3.61. The molecule has 0 aliphatic rings. The van der Waals surface area contributed by atoms with Crippen molar-refractivity contribution in [1.29, 1.82) is 0 Å². The molecule has 0 saturated carbocycles. The fourth-order valence-corrected chi connectivity index (χ4v) is 2.77. The lowest BCUT2D eigenvalue weighted by atomic mass is 10.5. The third-order valence-corrected chi connectivity index (χ3v) is 4.80. The van der Waals surface area contributed by atoms with Gasteiger partial charge in [0, 0.05) is 34.9 Å². The molecule has 5 nitrogen and oxygen atoms in total. The number of carbonyl (C=O) groups excluding carboxylic acids is 1. The Bertz CT molecular complexity index is 200. The normalized spacial score (nSPS) is 11.1. The van der Waals surface area contributed by atoms with Crippen LogP contribution in [0.5, 0.6) is 0 Å². The minimum absolute atomic E-state index is 0. The minimum atomic E-state index is -2.52. The van der Waals surface area contributed by atoms with Crippen molar-refractivity contribution in [2.24, 2.45) is 0 Å². The van der Waals surface area contributed by atoms with Gasteiger partial charge in [0.2, 0.25) is 0 Å². The van der Waals surface area contributed by atoms with Crippen LogP contribution in [0.2, 0.25) is 6.04 Å². The Balaban J connectivity index is 0. The third-order valence-electron chi connectivity index (χ3n) is 1.97. The molecular weight excluding hydrogens is 216 g/mol. The number of ether oxygens (including phenoxy) is 1.